The van der Waals surface area contributed by atoms with Crippen molar-refractivity contribution in [2.24, 2.45) is 4.99 Å². The van der Waals surface area contributed by atoms with E-state index in [1.165, 1.54) is 0 Å². The molecule has 0 aliphatic heterocycles. The molecule has 4 nitrogen and oxygen atoms in total. The summed E-state index contributed by atoms with van der Waals surface area (Å²) >= 11 is 1.63. The number of esters is 1. The van der Waals surface area contributed by atoms with Crippen molar-refractivity contribution in [3.63, 3.8) is 0 Å². The van der Waals surface area contributed by atoms with Crippen molar-refractivity contribution in [1.82, 2.24) is 0 Å². The van der Waals surface area contributed by atoms with Crippen LogP contribution in [0.25, 0.3) is 0 Å². The maximum atomic E-state index is 12.3. The summed E-state index contributed by atoms with van der Waals surface area (Å²) in [5.74, 6) is 0.843. The Labute approximate surface area is 163 Å². The quantitative estimate of drug-likeness (QED) is 0.212. The average molecular weight is 379 g/mol. The molecular formula is C22H21NO3S. The highest BCUT2D eigenvalue weighted by Gasteiger charge is 2.09. The van der Waals surface area contributed by atoms with Gasteiger partial charge in [-0.3, -0.25) is 4.99 Å². The van der Waals surface area contributed by atoms with E-state index in [1.54, 1.807) is 47.7 Å². The summed E-state index contributed by atoms with van der Waals surface area (Å²) in [6.07, 6.45) is 3.90. The molecule has 0 saturated heterocycles. The van der Waals surface area contributed by atoms with E-state index in [4.69, 9.17) is 9.47 Å². The zero-order chi connectivity index (χ0) is 18.9. The Balaban J connectivity index is 1.55. The summed E-state index contributed by atoms with van der Waals surface area (Å²) in [4.78, 5) is 16.7. The van der Waals surface area contributed by atoms with Gasteiger partial charge >= 0.3 is 5.97 Å². The van der Waals surface area contributed by atoms with Crippen molar-refractivity contribution < 1.29 is 14.3 Å². The van der Waals surface area contributed by atoms with Crippen LogP contribution in [0.2, 0.25) is 0 Å². The van der Waals surface area contributed by atoms with Crippen molar-refractivity contribution in [3.8, 4) is 11.5 Å². The third-order valence-electron chi connectivity index (χ3n) is 3.81. The van der Waals surface area contributed by atoms with Crippen LogP contribution in [0.4, 0.5) is 5.69 Å². The number of benzene rings is 2. The SMILES string of the molecule is CCCCOc1ccc(C(=O)Oc2ccc(N=Cc3ccsc3)cc2)cc1. The highest BCUT2D eigenvalue weighted by molar-refractivity contribution is 7.08. The van der Waals surface area contributed by atoms with Crippen LogP contribution in [0.5, 0.6) is 11.5 Å². The Kier molecular flexibility index (Phi) is 6.77. The van der Waals surface area contributed by atoms with Gasteiger partial charge in [0.05, 0.1) is 17.9 Å². The van der Waals surface area contributed by atoms with Gasteiger partial charge in [-0.2, -0.15) is 11.3 Å². The monoisotopic (exact) mass is 379 g/mol. The number of aliphatic imine (C=N–C) groups is 1. The second-order valence-electron chi connectivity index (χ2n) is 5.92. The first kappa shape index (κ1) is 18.9. The van der Waals surface area contributed by atoms with Crippen LogP contribution in [0.15, 0.2) is 70.3 Å². The van der Waals surface area contributed by atoms with Gasteiger partial charge in [-0.15, -0.1) is 0 Å². The van der Waals surface area contributed by atoms with E-state index in [-0.39, 0.29) is 0 Å². The molecule has 1 heterocycles. The van der Waals surface area contributed by atoms with Crippen molar-refractivity contribution in [3.05, 3.63) is 76.5 Å². The maximum Gasteiger partial charge on any atom is 0.343 e. The van der Waals surface area contributed by atoms with Crippen LogP contribution in [0.1, 0.15) is 35.7 Å². The zero-order valence-corrected chi connectivity index (χ0v) is 15.9. The van der Waals surface area contributed by atoms with E-state index in [1.807, 2.05) is 35.2 Å². The molecule has 1 aromatic heterocycles. The Hall–Kier alpha value is -2.92. The topological polar surface area (TPSA) is 47.9 Å². The molecule has 2 aromatic carbocycles. The molecule has 0 aliphatic rings. The van der Waals surface area contributed by atoms with E-state index in [0.29, 0.717) is 17.9 Å². The number of carbonyl (C=O) groups is 1. The maximum absolute atomic E-state index is 12.3. The fourth-order valence-electron chi connectivity index (χ4n) is 2.29. The molecule has 0 unspecified atom stereocenters. The Bertz CT molecular complexity index is 869. The van der Waals surface area contributed by atoms with E-state index < -0.39 is 5.97 Å². The van der Waals surface area contributed by atoms with Gasteiger partial charge in [0.25, 0.3) is 0 Å². The highest BCUT2D eigenvalue weighted by Crippen LogP contribution is 2.20. The van der Waals surface area contributed by atoms with E-state index in [2.05, 4.69) is 11.9 Å². The lowest BCUT2D eigenvalue weighted by atomic mass is 10.2. The number of unbranched alkanes of at least 4 members (excludes halogenated alkanes) is 1. The highest BCUT2D eigenvalue weighted by atomic mass is 32.1. The molecule has 0 atom stereocenters. The van der Waals surface area contributed by atoms with Gasteiger partial charge in [0.2, 0.25) is 0 Å². The first-order chi connectivity index (χ1) is 13.2. The Morgan fingerprint density at radius 2 is 1.78 bits per heavy atom. The molecule has 3 rings (SSSR count). The number of carbonyl (C=O) groups excluding carboxylic acids is 1. The van der Waals surface area contributed by atoms with Gasteiger partial charge in [-0.05, 0) is 71.8 Å². The van der Waals surface area contributed by atoms with Crippen molar-refractivity contribution in [1.29, 1.82) is 0 Å². The standard InChI is InChI=1S/C22H21NO3S/c1-2-3-13-25-20-8-4-18(5-9-20)22(24)26-21-10-6-19(7-11-21)23-15-17-12-14-27-16-17/h4-12,14-16H,2-3,13H2,1H3. The predicted molar refractivity (Wildman–Crippen MR) is 110 cm³/mol. The Morgan fingerprint density at radius 3 is 2.44 bits per heavy atom. The molecule has 0 N–H and O–H groups in total. The first-order valence-corrected chi connectivity index (χ1v) is 9.80. The summed E-state index contributed by atoms with van der Waals surface area (Å²) in [7, 11) is 0. The van der Waals surface area contributed by atoms with Gasteiger partial charge in [-0.1, -0.05) is 13.3 Å². The van der Waals surface area contributed by atoms with Crippen molar-refractivity contribution in [2.75, 3.05) is 6.61 Å². The lowest BCUT2D eigenvalue weighted by molar-refractivity contribution is 0.0734. The van der Waals surface area contributed by atoms with Gasteiger partial charge in [0.1, 0.15) is 11.5 Å². The fourth-order valence-corrected chi connectivity index (χ4v) is 2.90. The third kappa shape index (κ3) is 5.79. The molecule has 0 amide bonds. The molecule has 138 valence electrons. The molecule has 27 heavy (non-hydrogen) atoms. The predicted octanol–water partition coefficient (Wildman–Crippen LogP) is 5.90. The largest absolute Gasteiger partial charge is 0.494 e. The van der Waals surface area contributed by atoms with Crippen LogP contribution in [0, 0.1) is 0 Å². The molecule has 0 aliphatic carbocycles. The zero-order valence-electron chi connectivity index (χ0n) is 15.1. The number of rotatable bonds is 8. The molecule has 0 bridgehead atoms. The van der Waals surface area contributed by atoms with E-state index in [0.717, 1.165) is 29.8 Å². The number of hydrogen-bond acceptors (Lipinski definition) is 5. The van der Waals surface area contributed by atoms with Crippen LogP contribution in [-0.4, -0.2) is 18.8 Å². The van der Waals surface area contributed by atoms with Gasteiger partial charge in [0, 0.05) is 11.8 Å². The van der Waals surface area contributed by atoms with Crippen LogP contribution >= 0.6 is 11.3 Å². The van der Waals surface area contributed by atoms with Crippen LogP contribution in [-0.2, 0) is 0 Å². The fraction of sp³-hybridized carbons (Fsp3) is 0.182. The molecule has 0 fully saturated rings. The molecule has 0 radical (unpaired) electrons. The summed E-state index contributed by atoms with van der Waals surface area (Å²) in [5.41, 5.74) is 2.35. The first-order valence-electron chi connectivity index (χ1n) is 8.86. The lowest BCUT2D eigenvalue weighted by Gasteiger charge is -2.07. The number of hydrogen-bond donors (Lipinski definition) is 0. The molecule has 0 spiro atoms. The lowest BCUT2D eigenvalue weighted by Crippen LogP contribution is -2.08. The van der Waals surface area contributed by atoms with Gasteiger partial charge < -0.3 is 9.47 Å². The minimum Gasteiger partial charge on any atom is -0.494 e. The smallest absolute Gasteiger partial charge is 0.343 e. The van der Waals surface area contributed by atoms with Crippen molar-refractivity contribution in [2.45, 2.75) is 19.8 Å². The average Bonchev–Trinajstić information content (AvgIpc) is 3.22. The van der Waals surface area contributed by atoms with E-state index in [9.17, 15) is 4.79 Å². The molecule has 5 heteroatoms. The second-order valence-corrected chi connectivity index (χ2v) is 6.70. The minimum absolute atomic E-state index is 0.398. The minimum atomic E-state index is -0.398. The molecule has 0 saturated carbocycles. The van der Waals surface area contributed by atoms with Gasteiger partial charge in [-0.25, -0.2) is 4.79 Å². The third-order valence-corrected chi connectivity index (χ3v) is 4.51. The number of nitrogens with zero attached hydrogens (tertiary/aromatic N) is 1. The summed E-state index contributed by atoms with van der Waals surface area (Å²) in [6, 6.07) is 16.1. The van der Waals surface area contributed by atoms with Gasteiger partial charge in [0.15, 0.2) is 0 Å². The Morgan fingerprint density at radius 1 is 1.04 bits per heavy atom. The van der Waals surface area contributed by atoms with Crippen LogP contribution in [0.3, 0.4) is 0 Å². The number of thiophene rings is 1. The van der Waals surface area contributed by atoms with E-state index >= 15 is 0 Å². The summed E-state index contributed by atoms with van der Waals surface area (Å²) in [5, 5.41) is 4.04. The van der Waals surface area contributed by atoms with Crippen molar-refractivity contribution >= 4 is 29.2 Å². The molecule has 3 aromatic rings. The summed E-state index contributed by atoms with van der Waals surface area (Å²) < 4.78 is 11.0. The molecular weight excluding hydrogens is 358 g/mol. The summed E-state index contributed by atoms with van der Waals surface area (Å²) in [6.45, 7) is 2.80. The second kappa shape index (κ2) is 9.69. The normalized spacial score (nSPS) is 10.9. The number of ether oxygens (including phenoxy) is 2. The van der Waals surface area contributed by atoms with Crippen LogP contribution < -0.4 is 9.47 Å².